The maximum absolute atomic E-state index is 10.5. The van der Waals surface area contributed by atoms with Crippen LogP contribution in [0.5, 0.6) is 0 Å². The first-order valence-corrected chi connectivity index (χ1v) is 4.27. The Morgan fingerprint density at radius 2 is 2.31 bits per heavy atom. The molecular weight excluding hydrogens is 192 g/mol. The molecule has 0 bridgehead atoms. The number of hydrogen-bond acceptors (Lipinski definition) is 3. The summed E-state index contributed by atoms with van der Waals surface area (Å²) in [5.74, 6) is 0. The van der Waals surface area contributed by atoms with Crippen LogP contribution in [0.4, 0.5) is 11.4 Å². The maximum Gasteiger partial charge on any atom is 0.288 e. The number of benzene rings is 1. The quantitative estimate of drug-likeness (QED) is 0.556. The maximum atomic E-state index is 10.5. The molecule has 5 heteroatoms. The van der Waals surface area contributed by atoms with Crippen LogP contribution in [0.2, 0.25) is 5.02 Å². The first-order chi connectivity index (χ1) is 6.18. The van der Waals surface area contributed by atoms with Gasteiger partial charge in [0.15, 0.2) is 0 Å². The second kappa shape index (κ2) is 2.88. The second-order valence-electron chi connectivity index (χ2n) is 2.89. The summed E-state index contributed by atoms with van der Waals surface area (Å²) >= 11 is 5.72. The van der Waals surface area contributed by atoms with Crippen molar-refractivity contribution >= 4 is 23.0 Å². The summed E-state index contributed by atoms with van der Waals surface area (Å²) in [5.41, 5.74) is 1.87. The van der Waals surface area contributed by atoms with E-state index >= 15 is 0 Å². The lowest BCUT2D eigenvalue weighted by Gasteiger charge is -2.00. The molecular formula is C8H7ClN2O2. The lowest BCUT2D eigenvalue weighted by Crippen LogP contribution is -1.92. The molecule has 0 aliphatic carbocycles. The summed E-state index contributed by atoms with van der Waals surface area (Å²) < 4.78 is 0. The summed E-state index contributed by atoms with van der Waals surface area (Å²) in [6.45, 7) is 0.826. The van der Waals surface area contributed by atoms with E-state index in [4.69, 9.17) is 11.6 Å². The summed E-state index contributed by atoms with van der Waals surface area (Å²) in [6.07, 6.45) is 0.827. The van der Waals surface area contributed by atoms with Crippen LogP contribution < -0.4 is 5.32 Å². The van der Waals surface area contributed by atoms with Crippen molar-refractivity contribution in [3.8, 4) is 0 Å². The highest BCUT2D eigenvalue weighted by Gasteiger charge is 2.19. The van der Waals surface area contributed by atoms with E-state index in [1.807, 2.05) is 0 Å². The Morgan fingerprint density at radius 3 is 3.00 bits per heavy atom. The van der Waals surface area contributed by atoms with Crippen LogP contribution in [0.3, 0.4) is 0 Å². The normalized spacial score (nSPS) is 13.6. The van der Waals surface area contributed by atoms with Gasteiger partial charge in [-0.2, -0.15) is 0 Å². The van der Waals surface area contributed by atoms with Crippen LogP contribution in [0, 0.1) is 10.1 Å². The number of nitrogens with zero attached hydrogens (tertiary/aromatic N) is 1. The van der Waals surface area contributed by atoms with Gasteiger partial charge < -0.3 is 5.32 Å². The van der Waals surface area contributed by atoms with Crippen LogP contribution >= 0.6 is 11.6 Å². The highest BCUT2D eigenvalue weighted by atomic mass is 35.5. The molecule has 0 saturated carbocycles. The average Bonchev–Trinajstić information content (AvgIpc) is 2.48. The summed E-state index contributed by atoms with van der Waals surface area (Å²) in [7, 11) is 0. The molecule has 0 unspecified atom stereocenters. The zero-order chi connectivity index (χ0) is 9.42. The van der Waals surface area contributed by atoms with E-state index in [-0.39, 0.29) is 10.7 Å². The van der Waals surface area contributed by atoms with Crippen molar-refractivity contribution in [1.29, 1.82) is 0 Å². The fraction of sp³-hybridized carbons (Fsp3) is 0.250. The monoisotopic (exact) mass is 198 g/mol. The number of fused-ring (bicyclic) bond motifs is 1. The molecule has 0 spiro atoms. The first kappa shape index (κ1) is 8.31. The lowest BCUT2D eigenvalue weighted by molar-refractivity contribution is -0.384. The SMILES string of the molecule is O=[N+]([O-])c1cc2c(cc1Cl)NCC2. The predicted molar refractivity (Wildman–Crippen MR) is 50.3 cm³/mol. The Balaban J connectivity index is 2.55. The van der Waals surface area contributed by atoms with Crippen LogP contribution in [-0.4, -0.2) is 11.5 Å². The minimum atomic E-state index is -0.457. The van der Waals surface area contributed by atoms with E-state index in [2.05, 4.69) is 5.32 Å². The lowest BCUT2D eigenvalue weighted by atomic mass is 10.1. The van der Waals surface area contributed by atoms with E-state index in [1.54, 1.807) is 6.07 Å². The highest BCUT2D eigenvalue weighted by molar-refractivity contribution is 6.33. The molecule has 0 amide bonds. The van der Waals surface area contributed by atoms with E-state index in [1.165, 1.54) is 6.07 Å². The highest BCUT2D eigenvalue weighted by Crippen LogP contribution is 2.33. The summed E-state index contributed by atoms with van der Waals surface area (Å²) in [5, 5.41) is 13.8. The fourth-order valence-electron chi connectivity index (χ4n) is 1.45. The van der Waals surface area contributed by atoms with Crippen molar-refractivity contribution in [2.45, 2.75) is 6.42 Å². The third kappa shape index (κ3) is 1.33. The van der Waals surface area contributed by atoms with Crippen molar-refractivity contribution < 1.29 is 4.92 Å². The molecule has 1 heterocycles. The Kier molecular flexibility index (Phi) is 1.84. The topological polar surface area (TPSA) is 55.2 Å². The number of nitro benzene ring substituents is 1. The van der Waals surface area contributed by atoms with Gasteiger partial charge >= 0.3 is 0 Å². The number of nitrogens with one attached hydrogen (secondary N) is 1. The summed E-state index contributed by atoms with van der Waals surface area (Å²) in [4.78, 5) is 10.1. The zero-order valence-corrected chi connectivity index (χ0v) is 7.47. The van der Waals surface area contributed by atoms with Crippen molar-refractivity contribution in [3.63, 3.8) is 0 Å². The van der Waals surface area contributed by atoms with Crippen LogP contribution in [-0.2, 0) is 6.42 Å². The van der Waals surface area contributed by atoms with Gasteiger partial charge in [0, 0.05) is 18.3 Å². The molecule has 0 radical (unpaired) electrons. The summed E-state index contributed by atoms with van der Waals surface area (Å²) in [6, 6.07) is 3.15. The minimum Gasteiger partial charge on any atom is -0.384 e. The van der Waals surface area contributed by atoms with Gasteiger partial charge in [-0.15, -0.1) is 0 Å². The number of halogens is 1. The Morgan fingerprint density at radius 1 is 1.54 bits per heavy atom. The standard InChI is InChI=1S/C8H7ClN2O2/c9-6-4-7-5(1-2-10-7)3-8(6)11(12)13/h3-4,10H,1-2H2. The Bertz CT molecular complexity index is 379. The Hall–Kier alpha value is -1.29. The fourth-order valence-corrected chi connectivity index (χ4v) is 1.68. The number of nitro groups is 1. The van der Waals surface area contributed by atoms with Crippen molar-refractivity contribution in [2.24, 2.45) is 0 Å². The molecule has 0 atom stereocenters. The average molecular weight is 199 g/mol. The Labute approximate surface area is 79.7 Å². The van der Waals surface area contributed by atoms with Crippen molar-refractivity contribution in [2.75, 3.05) is 11.9 Å². The van der Waals surface area contributed by atoms with Gasteiger partial charge in [-0.1, -0.05) is 11.6 Å². The number of anilines is 1. The smallest absolute Gasteiger partial charge is 0.288 e. The van der Waals surface area contributed by atoms with Crippen molar-refractivity contribution in [3.05, 3.63) is 32.8 Å². The van der Waals surface area contributed by atoms with E-state index in [0.29, 0.717) is 0 Å². The largest absolute Gasteiger partial charge is 0.384 e. The van der Waals surface area contributed by atoms with Crippen LogP contribution in [0.1, 0.15) is 5.56 Å². The van der Waals surface area contributed by atoms with Crippen LogP contribution in [0.25, 0.3) is 0 Å². The molecule has 0 aromatic heterocycles. The molecule has 1 N–H and O–H groups in total. The van der Waals surface area contributed by atoms with Crippen molar-refractivity contribution in [1.82, 2.24) is 0 Å². The van der Waals surface area contributed by atoms with Crippen LogP contribution in [0.15, 0.2) is 12.1 Å². The van der Waals surface area contributed by atoms with Gasteiger partial charge in [0.05, 0.1) is 4.92 Å². The molecule has 1 aromatic carbocycles. The molecule has 1 aliphatic rings. The molecule has 0 fully saturated rings. The third-order valence-corrected chi connectivity index (χ3v) is 2.38. The molecule has 4 nitrogen and oxygen atoms in total. The number of rotatable bonds is 1. The predicted octanol–water partition coefficient (Wildman–Crippen LogP) is 2.22. The second-order valence-corrected chi connectivity index (χ2v) is 3.30. The molecule has 1 aliphatic heterocycles. The minimum absolute atomic E-state index is 0.0101. The zero-order valence-electron chi connectivity index (χ0n) is 6.71. The number of hydrogen-bond donors (Lipinski definition) is 1. The molecule has 1 aromatic rings. The third-order valence-electron chi connectivity index (χ3n) is 2.08. The van der Waals surface area contributed by atoms with E-state index in [0.717, 1.165) is 24.2 Å². The molecule has 13 heavy (non-hydrogen) atoms. The van der Waals surface area contributed by atoms with Gasteiger partial charge in [-0.25, -0.2) is 0 Å². The molecule has 2 rings (SSSR count). The van der Waals surface area contributed by atoms with Gasteiger partial charge in [-0.3, -0.25) is 10.1 Å². The molecule has 68 valence electrons. The van der Waals surface area contributed by atoms with E-state index < -0.39 is 4.92 Å². The van der Waals surface area contributed by atoms with Gasteiger partial charge in [0.25, 0.3) is 5.69 Å². The molecule has 0 saturated heterocycles. The van der Waals surface area contributed by atoms with Gasteiger partial charge in [0.1, 0.15) is 5.02 Å². The van der Waals surface area contributed by atoms with Gasteiger partial charge in [-0.05, 0) is 18.1 Å². The van der Waals surface area contributed by atoms with Gasteiger partial charge in [0.2, 0.25) is 0 Å². The van der Waals surface area contributed by atoms with E-state index in [9.17, 15) is 10.1 Å². The first-order valence-electron chi connectivity index (χ1n) is 3.89.